The van der Waals surface area contributed by atoms with Crippen molar-refractivity contribution in [3.63, 3.8) is 0 Å². The van der Waals surface area contributed by atoms with Gasteiger partial charge in [0.25, 0.3) is 5.56 Å². The highest BCUT2D eigenvalue weighted by molar-refractivity contribution is 5.91. The van der Waals surface area contributed by atoms with Gasteiger partial charge < -0.3 is 19.9 Å². The molecule has 1 aliphatic heterocycles. The quantitative estimate of drug-likeness (QED) is 0.626. The molecule has 0 radical (unpaired) electrons. The lowest BCUT2D eigenvalue weighted by molar-refractivity contribution is -0.117. The number of amides is 1. The molecule has 1 aliphatic rings. The Morgan fingerprint density at radius 1 is 1.00 bits per heavy atom. The van der Waals surface area contributed by atoms with Crippen molar-refractivity contribution in [2.75, 3.05) is 48.4 Å². The normalized spacial score (nSPS) is 13.7. The van der Waals surface area contributed by atoms with E-state index in [4.69, 9.17) is 4.74 Å². The maximum absolute atomic E-state index is 12.6. The summed E-state index contributed by atoms with van der Waals surface area (Å²) in [6, 6.07) is 17.0. The number of hydrogen-bond acceptors (Lipinski definition) is 6. The SMILES string of the molecule is COc1ccccc1N1CCN(c2ccc(=O)n(CC(=O)Nc3cc(C)ccc3C)n2)CC1. The largest absolute Gasteiger partial charge is 0.495 e. The maximum atomic E-state index is 12.6. The number of nitrogens with zero attached hydrogens (tertiary/aromatic N) is 4. The molecule has 172 valence electrons. The van der Waals surface area contributed by atoms with Crippen LogP contribution in [0.25, 0.3) is 0 Å². The van der Waals surface area contributed by atoms with Gasteiger partial charge in [0.05, 0.1) is 12.8 Å². The van der Waals surface area contributed by atoms with Gasteiger partial charge in [-0.3, -0.25) is 9.59 Å². The van der Waals surface area contributed by atoms with Crippen LogP contribution in [-0.4, -0.2) is 49.0 Å². The number of piperazine rings is 1. The molecule has 0 atom stereocenters. The minimum atomic E-state index is -0.303. The van der Waals surface area contributed by atoms with E-state index in [0.717, 1.165) is 54.4 Å². The highest BCUT2D eigenvalue weighted by Crippen LogP contribution is 2.28. The molecular formula is C25H29N5O3. The van der Waals surface area contributed by atoms with E-state index in [2.05, 4.69) is 26.3 Å². The van der Waals surface area contributed by atoms with Gasteiger partial charge in [0, 0.05) is 37.9 Å². The van der Waals surface area contributed by atoms with Crippen molar-refractivity contribution < 1.29 is 9.53 Å². The fourth-order valence-electron chi connectivity index (χ4n) is 3.98. The van der Waals surface area contributed by atoms with Crippen molar-refractivity contribution in [3.8, 4) is 5.75 Å². The van der Waals surface area contributed by atoms with Crippen LogP contribution in [0, 0.1) is 13.8 Å². The predicted molar refractivity (Wildman–Crippen MR) is 130 cm³/mol. The minimum absolute atomic E-state index is 0.138. The number of nitrogens with one attached hydrogen (secondary N) is 1. The number of methoxy groups -OCH3 is 1. The third kappa shape index (κ3) is 5.16. The van der Waals surface area contributed by atoms with Crippen LogP contribution in [0.2, 0.25) is 0 Å². The van der Waals surface area contributed by atoms with Crippen LogP contribution in [0.1, 0.15) is 11.1 Å². The van der Waals surface area contributed by atoms with Gasteiger partial charge in [-0.05, 0) is 49.2 Å². The molecule has 2 heterocycles. The Balaban J connectivity index is 1.43. The third-order valence-corrected chi connectivity index (χ3v) is 5.84. The van der Waals surface area contributed by atoms with E-state index >= 15 is 0 Å². The summed E-state index contributed by atoms with van der Waals surface area (Å²) in [5, 5.41) is 7.36. The van der Waals surface area contributed by atoms with Gasteiger partial charge in [0.15, 0.2) is 0 Å². The van der Waals surface area contributed by atoms with Crippen LogP contribution in [0.15, 0.2) is 59.4 Å². The molecule has 1 saturated heterocycles. The first-order valence-electron chi connectivity index (χ1n) is 11.0. The van der Waals surface area contributed by atoms with Crippen molar-refractivity contribution in [2.45, 2.75) is 20.4 Å². The average Bonchev–Trinajstić information content (AvgIpc) is 2.83. The first-order valence-corrected chi connectivity index (χ1v) is 11.0. The molecule has 1 amide bonds. The summed E-state index contributed by atoms with van der Waals surface area (Å²) in [6.07, 6.45) is 0. The molecule has 0 saturated carbocycles. The molecule has 1 aromatic heterocycles. The minimum Gasteiger partial charge on any atom is -0.495 e. The molecule has 4 rings (SSSR count). The molecule has 3 aromatic rings. The Hall–Kier alpha value is -3.81. The van der Waals surface area contributed by atoms with E-state index in [0.29, 0.717) is 5.82 Å². The highest BCUT2D eigenvalue weighted by Gasteiger charge is 2.21. The third-order valence-electron chi connectivity index (χ3n) is 5.84. The second kappa shape index (κ2) is 9.77. The summed E-state index contributed by atoms with van der Waals surface area (Å²) in [6.45, 7) is 6.86. The van der Waals surface area contributed by atoms with Crippen LogP contribution in [-0.2, 0) is 11.3 Å². The topological polar surface area (TPSA) is 79.7 Å². The summed E-state index contributed by atoms with van der Waals surface area (Å²) >= 11 is 0. The summed E-state index contributed by atoms with van der Waals surface area (Å²) in [7, 11) is 1.68. The molecule has 8 heteroatoms. The number of carbonyl (C=O) groups is 1. The Kier molecular flexibility index (Phi) is 6.63. The molecule has 0 bridgehead atoms. The van der Waals surface area contributed by atoms with E-state index in [9.17, 15) is 9.59 Å². The molecule has 0 aliphatic carbocycles. The summed E-state index contributed by atoms with van der Waals surface area (Å²) in [5.41, 5.74) is 3.54. The zero-order valence-electron chi connectivity index (χ0n) is 19.2. The first-order chi connectivity index (χ1) is 15.9. The van der Waals surface area contributed by atoms with Gasteiger partial charge in [-0.1, -0.05) is 24.3 Å². The van der Waals surface area contributed by atoms with Crippen molar-refractivity contribution >= 4 is 23.1 Å². The van der Waals surface area contributed by atoms with Crippen molar-refractivity contribution in [1.82, 2.24) is 9.78 Å². The van der Waals surface area contributed by atoms with Crippen LogP contribution < -0.4 is 25.4 Å². The van der Waals surface area contributed by atoms with E-state index < -0.39 is 0 Å². The monoisotopic (exact) mass is 447 g/mol. The average molecular weight is 448 g/mol. The molecule has 8 nitrogen and oxygen atoms in total. The number of para-hydroxylation sites is 2. The van der Waals surface area contributed by atoms with Crippen molar-refractivity contribution in [1.29, 1.82) is 0 Å². The number of benzene rings is 2. The summed E-state index contributed by atoms with van der Waals surface area (Å²) in [5.74, 6) is 1.26. The summed E-state index contributed by atoms with van der Waals surface area (Å²) < 4.78 is 6.71. The van der Waals surface area contributed by atoms with Crippen LogP contribution in [0.3, 0.4) is 0 Å². The van der Waals surface area contributed by atoms with Crippen molar-refractivity contribution in [3.05, 3.63) is 76.1 Å². The maximum Gasteiger partial charge on any atom is 0.267 e. The Morgan fingerprint density at radius 3 is 2.48 bits per heavy atom. The standard InChI is InChI=1S/C25H29N5O3/c1-18-8-9-19(2)20(16-18)26-24(31)17-30-25(32)11-10-23(27-30)29-14-12-28(13-15-29)21-6-4-5-7-22(21)33-3/h4-11,16H,12-15,17H2,1-3H3,(H,26,31). The van der Waals surface area contributed by atoms with Crippen molar-refractivity contribution in [2.24, 2.45) is 0 Å². The zero-order valence-corrected chi connectivity index (χ0v) is 19.2. The van der Waals surface area contributed by atoms with Gasteiger partial charge in [-0.2, -0.15) is 5.10 Å². The van der Waals surface area contributed by atoms with E-state index in [1.54, 1.807) is 13.2 Å². The Bertz CT molecular complexity index is 1200. The van der Waals surface area contributed by atoms with E-state index in [-0.39, 0.29) is 18.0 Å². The molecule has 33 heavy (non-hydrogen) atoms. The number of ether oxygens (including phenoxy) is 1. The fourth-order valence-corrected chi connectivity index (χ4v) is 3.98. The fraction of sp³-hybridized carbons (Fsp3) is 0.320. The molecule has 0 spiro atoms. The number of anilines is 3. The Morgan fingerprint density at radius 2 is 1.73 bits per heavy atom. The van der Waals surface area contributed by atoms with Crippen LogP contribution in [0.5, 0.6) is 5.75 Å². The smallest absolute Gasteiger partial charge is 0.267 e. The number of carbonyl (C=O) groups excluding carboxylic acids is 1. The predicted octanol–water partition coefficient (Wildman–Crippen LogP) is 2.83. The number of aryl methyl sites for hydroxylation is 2. The lowest BCUT2D eigenvalue weighted by Crippen LogP contribution is -2.47. The second-order valence-corrected chi connectivity index (χ2v) is 8.20. The number of rotatable bonds is 6. The molecule has 2 aromatic carbocycles. The molecular weight excluding hydrogens is 418 g/mol. The highest BCUT2D eigenvalue weighted by atomic mass is 16.5. The van der Waals surface area contributed by atoms with Gasteiger partial charge in [0.1, 0.15) is 18.1 Å². The second-order valence-electron chi connectivity index (χ2n) is 8.20. The van der Waals surface area contributed by atoms with Crippen LogP contribution >= 0.6 is 0 Å². The number of hydrogen-bond donors (Lipinski definition) is 1. The number of aromatic nitrogens is 2. The Labute approximate surface area is 193 Å². The van der Waals surface area contributed by atoms with Gasteiger partial charge in [0.2, 0.25) is 5.91 Å². The summed E-state index contributed by atoms with van der Waals surface area (Å²) in [4.78, 5) is 29.4. The molecule has 0 unspecified atom stereocenters. The zero-order chi connectivity index (χ0) is 23.4. The van der Waals surface area contributed by atoms with Crippen LogP contribution in [0.4, 0.5) is 17.2 Å². The van der Waals surface area contributed by atoms with Gasteiger partial charge in [-0.25, -0.2) is 4.68 Å². The molecule has 1 N–H and O–H groups in total. The lowest BCUT2D eigenvalue weighted by Gasteiger charge is -2.37. The van der Waals surface area contributed by atoms with Gasteiger partial charge >= 0.3 is 0 Å². The van der Waals surface area contributed by atoms with E-state index in [1.165, 1.54) is 10.7 Å². The first kappa shape index (κ1) is 22.4. The lowest BCUT2D eigenvalue weighted by atomic mass is 10.1. The van der Waals surface area contributed by atoms with E-state index in [1.807, 2.05) is 50.2 Å². The van der Waals surface area contributed by atoms with Gasteiger partial charge in [-0.15, -0.1) is 0 Å². The molecule has 1 fully saturated rings.